The standard InChI is InChI=1S/C13H13ClN2O2/c1-9-7-10(8-15-13(9)14)16-12(17)5-4-11-3-2-6-18-11/h2-3,6-8H,4-5H2,1H3,(H,16,17). The average Bonchev–Trinajstić information content (AvgIpc) is 2.84. The van der Waals surface area contributed by atoms with Crippen LogP contribution < -0.4 is 5.32 Å². The van der Waals surface area contributed by atoms with Crippen LogP contribution in [0.15, 0.2) is 35.1 Å². The van der Waals surface area contributed by atoms with E-state index in [0.29, 0.717) is 23.7 Å². The third-order valence-electron chi connectivity index (χ3n) is 2.48. The highest BCUT2D eigenvalue weighted by Crippen LogP contribution is 2.16. The minimum absolute atomic E-state index is 0.0741. The molecule has 0 saturated carbocycles. The number of pyridine rings is 1. The van der Waals surface area contributed by atoms with E-state index in [-0.39, 0.29) is 5.91 Å². The molecule has 0 spiro atoms. The minimum atomic E-state index is -0.0741. The number of amides is 1. The number of nitrogens with one attached hydrogen (secondary N) is 1. The van der Waals surface area contributed by atoms with Crippen molar-refractivity contribution in [3.8, 4) is 0 Å². The van der Waals surface area contributed by atoms with Crippen molar-refractivity contribution >= 4 is 23.2 Å². The number of aryl methyl sites for hydroxylation is 2. The van der Waals surface area contributed by atoms with Gasteiger partial charge in [-0.05, 0) is 30.7 Å². The quantitative estimate of drug-likeness (QED) is 0.863. The summed E-state index contributed by atoms with van der Waals surface area (Å²) < 4.78 is 5.16. The van der Waals surface area contributed by atoms with Crippen molar-refractivity contribution < 1.29 is 9.21 Å². The first-order valence-corrected chi connectivity index (χ1v) is 5.97. The number of anilines is 1. The van der Waals surface area contributed by atoms with Crippen LogP contribution >= 0.6 is 11.6 Å². The maximum Gasteiger partial charge on any atom is 0.224 e. The Balaban J connectivity index is 1.88. The molecule has 18 heavy (non-hydrogen) atoms. The van der Waals surface area contributed by atoms with E-state index in [1.165, 1.54) is 0 Å². The van der Waals surface area contributed by atoms with Crippen LogP contribution in [-0.4, -0.2) is 10.9 Å². The van der Waals surface area contributed by atoms with Crippen LogP contribution in [0.3, 0.4) is 0 Å². The number of aromatic nitrogens is 1. The maximum absolute atomic E-state index is 11.7. The number of furan rings is 1. The Kier molecular flexibility index (Phi) is 3.99. The smallest absolute Gasteiger partial charge is 0.224 e. The van der Waals surface area contributed by atoms with E-state index in [0.717, 1.165) is 11.3 Å². The number of carbonyl (C=O) groups is 1. The highest BCUT2D eigenvalue weighted by molar-refractivity contribution is 6.30. The van der Waals surface area contributed by atoms with Gasteiger partial charge in [0.05, 0.1) is 18.1 Å². The van der Waals surface area contributed by atoms with Crippen LogP contribution in [0, 0.1) is 6.92 Å². The molecule has 1 amide bonds. The van der Waals surface area contributed by atoms with Crippen molar-refractivity contribution in [3.05, 3.63) is 47.1 Å². The predicted octanol–water partition coefficient (Wildman–Crippen LogP) is 3.21. The summed E-state index contributed by atoms with van der Waals surface area (Å²) in [7, 11) is 0. The molecule has 2 heterocycles. The van der Waals surface area contributed by atoms with Gasteiger partial charge in [-0.1, -0.05) is 11.6 Å². The molecule has 5 heteroatoms. The molecule has 0 fully saturated rings. The fraction of sp³-hybridized carbons (Fsp3) is 0.231. The number of carbonyl (C=O) groups excluding carboxylic acids is 1. The molecule has 0 aliphatic rings. The molecule has 0 saturated heterocycles. The number of hydrogen-bond donors (Lipinski definition) is 1. The van der Waals surface area contributed by atoms with Crippen LogP contribution in [0.25, 0.3) is 0 Å². The Labute approximate surface area is 110 Å². The van der Waals surface area contributed by atoms with Crippen LogP contribution in [0.5, 0.6) is 0 Å². The van der Waals surface area contributed by atoms with Gasteiger partial charge >= 0.3 is 0 Å². The van der Waals surface area contributed by atoms with E-state index < -0.39 is 0 Å². The Bertz CT molecular complexity index is 538. The lowest BCUT2D eigenvalue weighted by atomic mass is 10.2. The fourth-order valence-corrected chi connectivity index (χ4v) is 1.64. The molecule has 2 rings (SSSR count). The van der Waals surface area contributed by atoms with Crippen LogP contribution in [0.4, 0.5) is 5.69 Å². The van der Waals surface area contributed by atoms with Gasteiger partial charge in [-0.15, -0.1) is 0 Å². The molecular formula is C13H13ClN2O2. The van der Waals surface area contributed by atoms with E-state index >= 15 is 0 Å². The number of halogens is 1. The van der Waals surface area contributed by atoms with Crippen molar-refractivity contribution in [3.63, 3.8) is 0 Å². The lowest BCUT2D eigenvalue weighted by molar-refractivity contribution is -0.116. The zero-order valence-corrected chi connectivity index (χ0v) is 10.7. The molecule has 0 radical (unpaired) electrons. The second kappa shape index (κ2) is 5.69. The molecule has 94 valence electrons. The van der Waals surface area contributed by atoms with Gasteiger partial charge in [0, 0.05) is 12.8 Å². The summed E-state index contributed by atoms with van der Waals surface area (Å²) in [4.78, 5) is 15.7. The summed E-state index contributed by atoms with van der Waals surface area (Å²) in [5.41, 5.74) is 1.49. The molecule has 2 aromatic rings. The molecule has 4 nitrogen and oxygen atoms in total. The number of rotatable bonds is 4. The topological polar surface area (TPSA) is 55.1 Å². The van der Waals surface area contributed by atoms with Gasteiger partial charge in [0.1, 0.15) is 10.9 Å². The van der Waals surface area contributed by atoms with E-state index in [4.69, 9.17) is 16.0 Å². The zero-order valence-electron chi connectivity index (χ0n) is 9.94. The lowest BCUT2D eigenvalue weighted by Gasteiger charge is -2.05. The van der Waals surface area contributed by atoms with Crippen LogP contribution in [0.2, 0.25) is 5.15 Å². The predicted molar refractivity (Wildman–Crippen MR) is 69.6 cm³/mol. The second-order valence-electron chi connectivity index (χ2n) is 3.96. The van der Waals surface area contributed by atoms with Crippen molar-refractivity contribution in [1.82, 2.24) is 4.98 Å². The number of hydrogen-bond acceptors (Lipinski definition) is 3. The van der Waals surface area contributed by atoms with Gasteiger partial charge < -0.3 is 9.73 Å². The van der Waals surface area contributed by atoms with Gasteiger partial charge in [-0.3, -0.25) is 4.79 Å². The third kappa shape index (κ3) is 3.34. The molecule has 2 aromatic heterocycles. The molecule has 0 aromatic carbocycles. The molecule has 0 aliphatic heterocycles. The van der Waals surface area contributed by atoms with Crippen molar-refractivity contribution in [1.29, 1.82) is 0 Å². The summed E-state index contributed by atoms with van der Waals surface area (Å²) in [6.45, 7) is 1.84. The first kappa shape index (κ1) is 12.6. The van der Waals surface area contributed by atoms with E-state index in [9.17, 15) is 4.79 Å². The highest BCUT2D eigenvalue weighted by atomic mass is 35.5. The monoisotopic (exact) mass is 264 g/mol. The molecule has 1 N–H and O–H groups in total. The molecule has 0 atom stereocenters. The Morgan fingerprint density at radius 3 is 3.06 bits per heavy atom. The summed E-state index contributed by atoms with van der Waals surface area (Å²) in [5.74, 6) is 0.727. The summed E-state index contributed by atoms with van der Waals surface area (Å²) >= 11 is 5.81. The molecule has 0 unspecified atom stereocenters. The first-order valence-electron chi connectivity index (χ1n) is 5.59. The first-order chi connectivity index (χ1) is 8.65. The van der Waals surface area contributed by atoms with Crippen LogP contribution in [-0.2, 0) is 11.2 Å². The third-order valence-corrected chi connectivity index (χ3v) is 2.87. The fourth-order valence-electron chi connectivity index (χ4n) is 1.54. The Morgan fingerprint density at radius 2 is 2.39 bits per heavy atom. The maximum atomic E-state index is 11.7. The van der Waals surface area contributed by atoms with E-state index in [2.05, 4.69) is 10.3 Å². The highest BCUT2D eigenvalue weighted by Gasteiger charge is 2.06. The SMILES string of the molecule is Cc1cc(NC(=O)CCc2ccco2)cnc1Cl. The summed E-state index contributed by atoms with van der Waals surface area (Å²) in [5, 5.41) is 3.22. The van der Waals surface area contributed by atoms with Crippen molar-refractivity contribution in [2.45, 2.75) is 19.8 Å². The van der Waals surface area contributed by atoms with Crippen molar-refractivity contribution in [2.75, 3.05) is 5.32 Å². The van der Waals surface area contributed by atoms with Crippen molar-refractivity contribution in [2.24, 2.45) is 0 Å². The normalized spacial score (nSPS) is 10.3. The van der Waals surface area contributed by atoms with Gasteiger partial charge in [-0.25, -0.2) is 4.98 Å². The van der Waals surface area contributed by atoms with Gasteiger partial charge in [-0.2, -0.15) is 0 Å². The minimum Gasteiger partial charge on any atom is -0.469 e. The van der Waals surface area contributed by atoms with E-state index in [1.54, 1.807) is 24.6 Å². The molecule has 0 bridgehead atoms. The number of nitrogens with zero attached hydrogens (tertiary/aromatic N) is 1. The average molecular weight is 265 g/mol. The Hall–Kier alpha value is -1.81. The zero-order chi connectivity index (χ0) is 13.0. The van der Waals surface area contributed by atoms with E-state index in [1.807, 2.05) is 13.0 Å². The molecular weight excluding hydrogens is 252 g/mol. The van der Waals surface area contributed by atoms with Gasteiger partial charge in [0.25, 0.3) is 0 Å². The second-order valence-corrected chi connectivity index (χ2v) is 4.32. The summed E-state index contributed by atoms with van der Waals surface area (Å²) in [6.07, 6.45) is 4.09. The molecule has 0 aliphatic carbocycles. The van der Waals surface area contributed by atoms with Gasteiger partial charge in [0.15, 0.2) is 0 Å². The Morgan fingerprint density at radius 1 is 1.56 bits per heavy atom. The van der Waals surface area contributed by atoms with Gasteiger partial charge in [0.2, 0.25) is 5.91 Å². The van der Waals surface area contributed by atoms with Crippen LogP contribution in [0.1, 0.15) is 17.7 Å². The lowest BCUT2D eigenvalue weighted by Crippen LogP contribution is -2.12. The summed E-state index contributed by atoms with van der Waals surface area (Å²) in [6, 6.07) is 5.45. The largest absolute Gasteiger partial charge is 0.469 e.